The zero-order chi connectivity index (χ0) is 18.4. The lowest BCUT2D eigenvalue weighted by molar-refractivity contribution is -0.136. The number of amides is 3. The molecule has 3 amide bonds. The third-order valence-electron chi connectivity index (χ3n) is 4.40. The molecule has 1 saturated carbocycles. The van der Waals surface area contributed by atoms with Crippen molar-refractivity contribution in [3.05, 3.63) is 29.8 Å². The van der Waals surface area contributed by atoms with Crippen LogP contribution >= 0.6 is 0 Å². The standard InChI is InChI=1S/C19H27N3O3/c1-12(2)20-17(23)15-6-4-5-7-16(15)22-19(25)18(24)21-14-10-8-13(3)9-11-14/h4-7,12-14H,8-11H2,1-3H3,(H,20,23)(H,21,24)(H,22,25). The molecule has 0 saturated heterocycles. The maximum Gasteiger partial charge on any atom is 0.313 e. The first-order valence-electron chi connectivity index (χ1n) is 8.88. The Balaban J connectivity index is 1.98. The molecule has 1 aromatic rings. The van der Waals surface area contributed by atoms with Gasteiger partial charge in [-0.15, -0.1) is 0 Å². The van der Waals surface area contributed by atoms with E-state index in [-0.39, 0.29) is 18.0 Å². The lowest BCUT2D eigenvalue weighted by Gasteiger charge is -2.26. The molecule has 0 radical (unpaired) electrons. The smallest absolute Gasteiger partial charge is 0.313 e. The van der Waals surface area contributed by atoms with Crippen LogP contribution in [0.2, 0.25) is 0 Å². The van der Waals surface area contributed by atoms with Gasteiger partial charge in [0.1, 0.15) is 0 Å². The van der Waals surface area contributed by atoms with Gasteiger partial charge >= 0.3 is 11.8 Å². The van der Waals surface area contributed by atoms with E-state index in [0.717, 1.165) is 25.7 Å². The summed E-state index contributed by atoms with van der Waals surface area (Å²) >= 11 is 0. The Bertz CT molecular complexity index is 635. The largest absolute Gasteiger partial charge is 0.350 e. The maximum absolute atomic E-state index is 12.2. The van der Waals surface area contributed by atoms with Crippen LogP contribution < -0.4 is 16.0 Å². The van der Waals surface area contributed by atoms with Crippen LogP contribution in [-0.2, 0) is 9.59 Å². The van der Waals surface area contributed by atoms with Crippen LogP contribution in [0.4, 0.5) is 5.69 Å². The minimum absolute atomic E-state index is 0.0201. The number of hydrogen-bond acceptors (Lipinski definition) is 3. The molecule has 1 fully saturated rings. The molecule has 25 heavy (non-hydrogen) atoms. The van der Waals surface area contributed by atoms with E-state index in [1.165, 1.54) is 0 Å². The predicted molar refractivity (Wildman–Crippen MR) is 97.2 cm³/mol. The van der Waals surface area contributed by atoms with E-state index < -0.39 is 11.8 Å². The van der Waals surface area contributed by atoms with Crippen molar-refractivity contribution in [1.29, 1.82) is 0 Å². The summed E-state index contributed by atoms with van der Waals surface area (Å²) in [5.74, 6) is -1.01. The van der Waals surface area contributed by atoms with E-state index in [2.05, 4.69) is 22.9 Å². The highest BCUT2D eigenvalue weighted by Crippen LogP contribution is 2.23. The molecule has 0 aromatic heterocycles. The minimum atomic E-state index is -0.747. The fourth-order valence-corrected chi connectivity index (χ4v) is 2.96. The molecule has 0 atom stereocenters. The molecule has 0 heterocycles. The Morgan fingerprint density at radius 2 is 1.64 bits per heavy atom. The SMILES string of the molecule is CC1CCC(NC(=O)C(=O)Nc2ccccc2C(=O)NC(C)C)CC1. The van der Waals surface area contributed by atoms with Gasteiger partial charge in [0.05, 0.1) is 11.3 Å². The summed E-state index contributed by atoms with van der Waals surface area (Å²) in [6.45, 7) is 5.92. The van der Waals surface area contributed by atoms with E-state index in [0.29, 0.717) is 17.2 Å². The van der Waals surface area contributed by atoms with Crippen molar-refractivity contribution in [3.8, 4) is 0 Å². The highest BCUT2D eigenvalue weighted by atomic mass is 16.2. The van der Waals surface area contributed by atoms with Crippen LogP contribution in [0.3, 0.4) is 0 Å². The number of hydrogen-bond donors (Lipinski definition) is 3. The first-order chi connectivity index (χ1) is 11.9. The summed E-state index contributed by atoms with van der Waals surface area (Å²) < 4.78 is 0. The maximum atomic E-state index is 12.2. The first-order valence-corrected chi connectivity index (χ1v) is 8.88. The second-order valence-corrected chi connectivity index (χ2v) is 7.06. The van der Waals surface area contributed by atoms with Crippen molar-refractivity contribution in [2.45, 2.75) is 58.5 Å². The quantitative estimate of drug-likeness (QED) is 0.733. The Hall–Kier alpha value is -2.37. The molecule has 0 aliphatic heterocycles. The molecule has 6 heteroatoms. The Morgan fingerprint density at radius 3 is 2.28 bits per heavy atom. The summed E-state index contributed by atoms with van der Waals surface area (Å²) in [6, 6.07) is 6.69. The van der Waals surface area contributed by atoms with Crippen LogP contribution in [0.1, 0.15) is 56.8 Å². The van der Waals surface area contributed by atoms with Crippen molar-refractivity contribution >= 4 is 23.4 Å². The summed E-state index contributed by atoms with van der Waals surface area (Å²) in [7, 11) is 0. The molecule has 0 spiro atoms. The topological polar surface area (TPSA) is 87.3 Å². The van der Waals surface area contributed by atoms with Crippen molar-refractivity contribution in [2.75, 3.05) is 5.32 Å². The van der Waals surface area contributed by atoms with E-state index >= 15 is 0 Å². The Kier molecular flexibility index (Phi) is 6.56. The molecule has 3 N–H and O–H groups in total. The number of nitrogens with one attached hydrogen (secondary N) is 3. The lowest BCUT2D eigenvalue weighted by Crippen LogP contribution is -2.43. The minimum Gasteiger partial charge on any atom is -0.350 e. The van der Waals surface area contributed by atoms with Gasteiger partial charge < -0.3 is 16.0 Å². The highest BCUT2D eigenvalue weighted by molar-refractivity contribution is 6.40. The number of benzene rings is 1. The van der Waals surface area contributed by atoms with Gasteiger partial charge in [-0.1, -0.05) is 19.1 Å². The van der Waals surface area contributed by atoms with Crippen molar-refractivity contribution in [1.82, 2.24) is 10.6 Å². The molecular weight excluding hydrogens is 318 g/mol. The van der Waals surface area contributed by atoms with Crippen LogP contribution in [-0.4, -0.2) is 29.8 Å². The van der Waals surface area contributed by atoms with E-state index in [1.807, 2.05) is 13.8 Å². The second-order valence-electron chi connectivity index (χ2n) is 7.06. The average Bonchev–Trinajstić information content (AvgIpc) is 2.56. The Morgan fingerprint density at radius 1 is 1.00 bits per heavy atom. The van der Waals surface area contributed by atoms with Crippen LogP contribution in [0, 0.1) is 5.92 Å². The summed E-state index contributed by atoms with van der Waals surface area (Å²) in [5.41, 5.74) is 0.668. The van der Waals surface area contributed by atoms with Gasteiger partial charge in [0.2, 0.25) is 0 Å². The number of anilines is 1. The molecule has 1 aromatic carbocycles. The van der Waals surface area contributed by atoms with Crippen LogP contribution in [0.5, 0.6) is 0 Å². The first kappa shape index (κ1) is 19.0. The van der Waals surface area contributed by atoms with Crippen molar-refractivity contribution in [2.24, 2.45) is 5.92 Å². The zero-order valence-electron chi connectivity index (χ0n) is 15.1. The fraction of sp³-hybridized carbons (Fsp3) is 0.526. The zero-order valence-corrected chi connectivity index (χ0v) is 15.1. The summed E-state index contributed by atoms with van der Waals surface area (Å²) in [4.78, 5) is 36.5. The van der Waals surface area contributed by atoms with E-state index in [4.69, 9.17) is 0 Å². The molecule has 1 aliphatic carbocycles. The molecule has 2 rings (SSSR count). The van der Waals surface area contributed by atoms with Gasteiger partial charge in [0.25, 0.3) is 5.91 Å². The van der Waals surface area contributed by atoms with E-state index in [9.17, 15) is 14.4 Å². The summed E-state index contributed by atoms with van der Waals surface area (Å²) in [6.07, 6.45) is 3.91. The predicted octanol–water partition coefficient (Wildman–Crippen LogP) is 2.46. The molecule has 136 valence electrons. The molecule has 6 nitrogen and oxygen atoms in total. The number of rotatable bonds is 4. The van der Waals surface area contributed by atoms with Gasteiger partial charge in [-0.25, -0.2) is 0 Å². The van der Waals surface area contributed by atoms with Crippen LogP contribution in [0.15, 0.2) is 24.3 Å². The number of para-hydroxylation sites is 1. The van der Waals surface area contributed by atoms with Gasteiger partial charge in [-0.3, -0.25) is 14.4 Å². The normalized spacial score (nSPS) is 20.0. The van der Waals surface area contributed by atoms with Crippen LogP contribution in [0.25, 0.3) is 0 Å². The number of carbonyl (C=O) groups excluding carboxylic acids is 3. The van der Waals surface area contributed by atoms with Crippen molar-refractivity contribution < 1.29 is 14.4 Å². The van der Waals surface area contributed by atoms with E-state index in [1.54, 1.807) is 24.3 Å². The van der Waals surface area contributed by atoms with Gasteiger partial charge in [0.15, 0.2) is 0 Å². The fourth-order valence-electron chi connectivity index (χ4n) is 2.96. The number of carbonyl (C=O) groups is 3. The lowest BCUT2D eigenvalue weighted by atomic mass is 9.87. The third-order valence-corrected chi connectivity index (χ3v) is 4.40. The summed E-state index contributed by atoms with van der Waals surface area (Å²) in [5, 5.41) is 8.12. The molecule has 0 unspecified atom stereocenters. The molecular formula is C19H27N3O3. The molecule has 1 aliphatic rings. The van der Waals surface area contributed by atoms with Gasteiger partial charge in [0, 0.05) is 12.1 Å². The average molecular weight is 345 g/mol. The third kappa shape index (κ3) is 5.59. The van der Waals surface area contributed by atoms with Gasteiger partial charge in [-0.05, 0) is 57.6 Å². The van der Waals surface area contributed by atoms with Gasteiger partial charge in [-0.2, -0.15) is 0 Å². The monoisotopic (exact) mass is 345 g/mol. The Labute approximate surface area is 148 Å². The molecule has 0 bridgehead atoms. The van der Waals surface area contributed by atoms with Crippen molar-refractivity contribution in [3.63, 3.8) is 0 Å². The highest BCUT2D eigenvalue weighted by Gasteiger charge is 2.23. The second kappa shape index (κ2) is 8.65.